The molecule has 0 amide bonds. The number of aliphatic hydroxyl groups is 1. The van der Waals surface area contributed by atoms with Gasteiger partial charge in [-0.3, -0.25) is 0 Å². The van der Waals surface area contributed by atoms with Gasteiger partial charge in [0.15, 0.2) is 0 Å². The van der Waals surface area contributed by atoms with Gasteiger partial charge in [0.1, 0.15) is 0 Å². The molecule has 5 nitrogen and oxygen atoms in total. The molecule has 15 heavy (non-hydrogen) atoms. The van der Waals surface area contributed by atoms with Gasteiger partial charge in [0.05, 0.1) is 0 Å². The third-order valence-corrected chi connectivity index (χ3v) is 4.34. The molecule has 1 unspecified atom stereocenters. The highest BCUT2D eigenvalue weighted by Gasteiger charge is 2.19. The lowest BCUT2D eigenvalue weighted by Crippen LogP contribution is -2.43. The van der Waals surface area contributed by atoms with Crippen molar-refractivity contribution in [3.63, 3.8) is 0 Å². The Morgan fingerprint density at radius 3 is 2.60 bits per heavy atom. The molecule has 0 aliphatic heterocycles. The second-order valence-electron chi connectivity index (χ2n) is 3.38. The summed E-state index contributed by atoms with van der Waals surface area (Å²) in [5.41, 5.74) is 0. The average Bonchev–Trinajstić information content (AvgIpc) is 2.13. The summed E-state index contributed by atoms with van der Waals surface area (Å²) in [4.78, 5) is 0. The fraction of sp³-hybridized carbons (Fsp3) is 1.00. The van der Waals surface area contributed by atoms with Gasteiger partial charge in [0.2, 0.25) is 0 Å². The molecule has 0 aliphatic rings. The Labute approximate surface area is 96.4 Å². The molecule has 0 fully saturated rings. The van der Waals surface area contributed by atoms with Crippen molar-refractivity contribution >= 4 is 22.0 Å². The number of nitrogens with zero attached hydrogens (tertiary/aromatic N) is 1. The van der Waals surface area contributed by atoms with Crippen molar-refractivity contribution in [2.45, 2.75) is 19.4 Å². The van der Waals surface area contributed by atoms with E-state index < -0.39 is 10.2 Å². The van der Waals surface area contributed by atoms with Crippen molar-refractivity contribution in [3.05, 3.63) is 0 Å². The van der Waals surface area contributed by atoms with E-state index in [9.17, 15) is 8.42 Å². The van der Waals surface area contributed by atoms with Gasteiger partial charge >= 0.3 is 0 Å². The largest absolute Gasteiger partial charge is 0.396 e. The van der Waals surface area contributed by atoms with Gasteiger partial charge in [0.25, 0.3) is 10.2 Å². The van der Waals surface area contributed by atoms with Gasteiger partial charge in [-0.25, -0.2) is 0 Å². The van der Waals surface area contributed by atoms with Crippen molar-refractivity contribution in [1.82, 2.24) is 9.03 Å². The summed E-state index contributed by atoms with van der Waals surface area (Å²) in [6.45, 7) is 2.16. The molecule has 92 valence electrons. The van der Waals surface area contributed by atoms with E-state index in [0.29, 0.717) is 13.0 Å². The van der Waals surface area contributed by atoms with E-state index in [1.165, 1.54) is 11.4 Å². The van der Waals surface area contributed by atoms with Crippen LogP contribution in [-0.2, 0) is 10.2 Å². The van der Waals surface area contributed by atoms with Gasteiger partial charge in [-0.1, -0.05) is 0 Å². The van der Waals surface area contributed by atoms with Crippen LogP contribution in [-0.4, -0.2) is 56.1 Å². The van der Waals surface area contributed by atoms with Crippen LogP contribution in [0.3, 0.4) is 0 Å². The van der Waals surface area contributed by atoms with Crippen molar-refractivity contribution in [2.75, 3.05) is 32.2 Å². The van der Waals surface area contributed by atoms with E-state index in [4.69, 9.17) is 5.11 Å². The molecule has 2 N–H and O–H groups in total. The van der Waals surface area contributed by atoms with Crippen LogP contribution < -0.4 is 4.72 Å². The number of aliphatic hydroxyl groups excluding tert-OH is 1. The predicted molar refractivity (Wildman–Crippen MR) is 64.2 cm³/mol. The first-order valence-corrected chi connectivity index (χ1v) is 7.60. The maximum Gasteiger partial charge on any atom is 0.279 e. The molecule has 0 heterocycles. The molecule has 0 saturated heterocycles. The van der Waals surface area contributed by atoms with E-state index in [1.807, 2.05) is 13.2 Å². The van der Waals surface area contributed by atoms with E-state index in [0.717, 1.165) is 5.75 Å². The van der Waals surface area contributed by atoms with Crippen LogP contribution in [0.4, 0.5) is 0 Å². The summed E-state index contributed by atoms with van der Waals surface area (Å²) in [7, 11) is -1.89. The monoisotopic (exact) mass is 256 g/mol. The summed E-state index contributed by atoms with van der Waals surface area (Å²) in [5.74, 6) is 0.743. The van der Waals surface area contributed by atoms with E-state index in [2.05, 4.69) is 4.72 Å². The Morgan fingerprint density at radius 2 is 2.13 bits per heavy atom. The minimum Gasteiger partial charge on any atom is -0.396 e. The zero-order valence-corrected chi connectivity index (χ0v) is 11.1. The van der Waals surface area contributed by atoms with Gasteiger partial charge in [0, 0.05) is 32.0 Å². The van der Waals surface area contributed by atoms with E-state index in [1.54, 1.807) is 11.8 Å². The summed E-state index contributed by atoms with van der Waals surface area (Å²) in [6.07, 6.45) is 2.38. The quantitative estimate of drug-likeness (QED) is 0.635. The van der Waals surface area contributed by atoms with Crippen LogP contribution in [0.15, 0.2) is 0 Å². The third kappa shape index (κ3) is 6.36. The molecule has 0 aromatic heterocycles. The van der Waals surface area contributed by atoms with E-state index in [-0.39, 0.29) is 12.6 Å². The Kier molecular flexibility index (Phi) is 7.54. The predicted octanol–water partition coefficient (Wildman–Crippen LogP) is -0.113. The first-order valence-electron chi connectivity index (χ1n) is 4.77. The van der Waals surface area contributed by atoms with Crippen LogP contribution in [0.5, 0.6) is 0 Å². The summed E-state index contributed by atoms with van der Waals surface area (Å²) < 4.78 is 27.1. The van der Waals surface area contributed by atoms with Crippen molar-refractivity contribution < 1.29 is 13.5 Å². The zero-order chi connectivity index (χ0) is 11.9. The minimum absolute atomic E-state index is 0.000224. The molecule has 7 heteroatoms. The summed E-state index contributed by atoms with van der Waals surface area (Å²) in [5, 5.41) is 8.60. The third-order valence-electron chi connectivity index (χ3n) is 1.81. The Hall–Kier alpha value is 0.180. The van der Waals surface area contributed by atoms with Gasteiger partial charge in [-0.2, -0.15) is 29.2 Å². The number of hydrogen-bond acceptors (Lipinski definition) is 4. The molecule has 0 spiro atoms. The fourth-order valence-electron chi connectivity index (χ4n) is 1.04. The van der Waals surface area contributed by atoms with E-state index >= 15 is 0 Å². The number of rotatable bonds is 8. The van der Waals surface area contributed by atoms with Crippen molar-refractivity contribution in [2.24, 2.45) is 0 Å². The van der Waals surface area contributed by atoms with Crippen molar-refractivity contribution in [3.8, 4) is 0 Å². The first-order chi connectivity index (χ1) is 6.94. The lowest BCUT2D eigenvalue weighted by molar-refractivity contribution is 0.275. The van der Waals surface area contributed by atoms with Gasteiger partial charge < -0.3 is 5.11 Å². The molecule has 0 aromatic rings. The topological polar surface area (TPSA) is 69.6 Å². The van der Waals surface area contributed by atoms with Crippen LogP contribution in [0, 0.1) is 0 Å². The molecule has 0 saturated carbocycles. The van der Waals surface area contributed by atoms with Crippen molar-refractivity contribution in [1.29, 1.82) is 0 Å². The van der Waals surface area contributed by atoms with Crippen LogP contribution >= 0.6 is 11.8 Å². The number of nitrogens with one attached hydrogen (secondary N) is 1. The van der Waals surface area contributed by atoms with Crippen LogP contribution in [0.1, 0.15) is 13.3 Å². The molecular weight excluding hydrogens is 236 g/mol. The molecule has 0 rings (SSSR count). The lowest BCUT2D eigenvalue weighted by atomic mass is 10.4. The molecule has 0 bridgehead atoms. The van der Waals surface area contributed by atoms with Crippen LogP contribution in [0.25, 0.3) is 0 Å². The molecule has 0 aliphatic carbocycles. The molecule has 1 atom stereocenters. The smallest absolute Gasteiger partial charge is 0.279 e. The Balaban J connectivity index is 4.16. The highest BCUT2D eigenvalue weighted by molar-refractivity contribution is 7.98. The zero-order valence-electron chi connectivity index (χ0n) is 9.43. The number of thioether (sulfide) groups is 1. The molecular formula is C8H20N2O3S2. The van der Waals surface area contributed by atoms with Gasteiger partial charge in [-0.15, -0.1) is 0 Å². The molecule has 0 aromatic carbocycles. The maximum absolute atomic E-state index is 11.6. The Morgan fingerprint density at radius 1 is 1.53 bits per heavy atom. The SMILES string of the molecule is CSCC(C)NS(=O)(=O)N(C)CCCO. The second-order valence-corrected chi connectivity index (χ2v) is 6.10. The fourth-order valence-corrected chi connectivity index (χ4v) is 2.87. The molecule has 0 radical (unpaired) electrons. The van der Waals surface area contributed by atoms with Crippen LogP contribution in [0.2, 0.25) is 0 Å². The first kappa shape index (κ1) is 15.2. The average molecular weight is 256 g/mol. The maximum atomic E-state index is 11.6. The van der Waals surface area contributed by atoms with Gasteiger partial charge in [-0.05, 0) is 19.6 Å². The highest BCUT2D eigenvalue weighted by atomic mass is 32.2. The minimum atomic E-state index is -3.40. The number of hydrogen-bond donors (Lipinski definition) is 2. The summed E-state index contributed by atoms with van der Waals surface area (Å²) in [6, 6.07) is -0.0819. The lowest BCUT2D eigenvalue weighted by Gasteiger charge is -2.20. The second kappa shape index (κ2) is 7.45. The standard InChI is InChI=1S/C8H20N2O3S2/c1-8(7-14-3)9-15(12,13)10(2)5-4-6-11/h8-9,11H,4-7H2,1-3H3. The normalized spacial score (nSPS) is 14.5. The Bertz CT molecular complexity index is 257. The summed E-state index contributed by atoms with van der Waals surface area (Å²) >= 11 is 1.59. The highest BCUT2D eigenvalue weighted by Crippen LogP contribution is 2.01.